The van der Waals surface area contributed by atoms with Crippen LogP contribution < -0.4 is 0 Å². The fourth-order valence-corrected chi connectivity index (χ4v) is 3.31. The number of rotatable bonds is 5. The maximum Gasteiger partial charge on any atom is 0.247 e. The molecule has 26 heavy (non-hydrogen) atoms. The van der Waals surface area contributed by atoms with Gasteiger partial charge in [-0.1, -0.05) is 29.4 Å². The summed E-state index contributed by atoms with van der Waals surface area (Å²) in [5.74, 6) is 2.23. The van der Waals surface area contributed by atoms with Crippen molar-refractivity contribution in [3.05, 3.63) is 59.7 Å². The Balaban J connectivity index is 1.48. The average Bonchev–Trinajstić information content (AvgIpc) is 3.28. The van der Waals surface area contributed by atoms with Crippen molar-refractivity contribution >= 4 is 23.4 Å². The van der Waals surface area contributed by atoms with Gasteiger partial charge in [0.15, 0.2) is 11.0 Å². The first-order valence-electron chi connectivity index (χ1n) is 7.71. The van der Waals surface area contributed by atoms with Crippen LogP contribution in [0.5, 0.6) is 0 Å². The first-order valence-corrected chi connectivity index (χ1v) is 9.08. The van der Waals surface area contributed by atoms with Gasteiger partial charge >= 0.3 is 0 Å². The van der Waals surface area contributed by atoms with E-state index in [1.165, 1.54) is 11.8 Å². The number of hydrogen-bond donors (Lipinski definition) is 0. The third-order valence-electron chi connectivity index (χ3n) is 3.64. The van der Waals surface area contributed by atoms with E-state index in [0.717, 1.165) is 22.1 Å². The second kappa shape index (κ2) is 7.27. The predicted molar refractivity (Wildman–Crippen MR) is 98.5 cm³/mol. The van der Waals surface area contributed by atoms with Crippen LogP contribution in [0.2, 0.25) is 5.02 Å². The molecule has 7 nitrogen and oxygen atoms in total. The van der Waals surface area contributed by atoms with E-state index in [2.05, 4.69) is 25.4 Å². The molecule has 0 saturated carbocycles. The van der Waals surface area contributed by atoms with Crippen molar-refractivity contribution in [3.8, 4) is 22.8 Å². The zero-order valence-corrected chi connectivity index (χ0v) is 15.3. The summed E-state index contributed by atoms with van der Waals surface area (Å²) in [6.45, 7) is 0. The molecule has 130 valence electrons. The average molecular weight is 385 g/mol. The molecular weight excluding hydrogens is 372 g/mol. The minimum absolute atomic E-state index is 0.443. The van der Waals surface area contributed by atoms with Gasteiger partial charge in [-0.3, -0.25) is 4.98 Å². The predicted octanol–water partition coefficient (Wildman–Crippen LogP) is 3.87. The van der Waals surface area contributed by atoms with E-state index >= 15 is 0 Å². The second-order valence-electron chi connectivity index (χ2n) is 5.40. The smallest absolute Gasteiger partial charge is 0.247 e. The van der Waals surface area contributed by atoms with E-state index in [4.69, 9.17) is 16.0 Å². The maximum absolute atomic E-state index is 6.00. The molecule has 0 aliphatic carbocycles. The highest BCUT2D eigenvalue weighted by Gasteiger charge is 2.14. The SMILES string of the molecule is Cn1c(SCc2nnc(-c3cccc(Cl)c3)o2)nnc1-c1ccncc1. The van der Waals surface area contributed by atoms with Gasteiger partial charge in [-0.2, -0.15) is 0 Å². The Bertz CT molecular complexity index is 1030. The Hall–Kier alpha value is -2.71. The number of nitrogens with zero attached hydrogens (tertiary/aromatic N) is 6. The first kappa shape index (κ1) is 16.7. The molecule has 0 spiro atoms. The third kappa shape index (κ3) is 3.47. The lowest BCUT2D eigenvalue weighted by atomic mass is 10.2. The van der Waals surface area contributed by atoms with Crippen molar-refractivity contribution in [3.63, 3.8) is 0 Å². The number of halogens is 1. The highest BCUT2D eigenvalue weighted by molar-refractivity contribution is 7.98. The van der Waals surface area contributed by atoms with Crippen molar-refractivity contribution in [2.24, 2.45) is 7.05 Å². The van der Waals surface area contributed by atoms with E-state index < -0.39 is 0 Å². The number of pyridine rings is 1. The number of thioether (sulfide) groups is 1. The highest BCUT2D eigenvalue weighted by Crippen LogP contribution is 2.26. The normalized spacial score (nSPS) is 11.0. The lowest BCUT2D eigenvalue weighted by molar-refractivity contribution is 0.528. The van der Waals surface area contributed by atoms with E-state index in [-0.39, 0.29) is 0 Å². The zero-order chi connectivity index (χ0) is 17.9. The van der Waals surface area contributed by atoms with Gasteiger partial charge in [-0.15, -0.1) is 20.4 Å². The fourth-order valence-electron chi connectivity index (χ4n) is 2.37. The molecule has 0 aliphatic heterocycles. The first-order chi connectivity index (χ1) is 12.7. The van der Waals surface area contributed by atoms with Gasteiger partial charge in [0.1, 0.15) is 0 Å². The van der Waals surface area contributed by atoms with E-state index in [0.29, 0.717) is 22.6 Å². The molecule has 0 aliphatic rings. The van der Waals surface area contributed by atoms with Crippen molar-refractivity contribution in [2.75, 3.05) is 0 Å². The summed E-state index contributed by atoms with van der Waals surface area (Å²) in [5.41, 5.74) is 1.75. The molecule has 9 heteroatoms. The van der Waals surface area contributed by atoms with Crippen molar-refractivity contribution in [2.45, 2.75) is 10.9 Å². The monoisotopic (exact) mass is 384 g/mol. The molecule has 4 rings (SSSR count). The van der Waals surface area contributed by atoms with Gasteiger partial charge in [-0.05, 0) is 30.3 Å². The summed E-state index contributed by atoms with van der Waals surface area (Å²) in [6.07, 6.45) is 3.46. The van der Waals surface area contributed by atoms with Gasteiger partial charge in [0, 0.05) is 35.6 Å². The Kier molecular flexibility index (Phi) is 4.68. The minimum atomic E-state index is 0.443. The van der Waals surface area contributed by atoms with Crippen LogP contribution in [0.4, 0.5) is 0 Å². The number of hydrogen-bond acceptors (Lipinski definition) is 7. The van der Waals surface area contributed by atoms with Gasteiger partial charge in [0.25, 0.3) is 0 Å². The molecule has 3 heterocycles. The molecule has 0 N–H and O–H groups in total. The lowest BCUT2D eigenvalue weighted by Crippen LogP contribution is -1.95. The van der Waals surface area contributed by atoms with Gasteiger partial charge in [-0.25, -0.2) is 0 Å². The molecule has 0 amide bonds. The van der Waals surface area contributed by atoms with Crippen LogP contribution in [0, 0.1) is 0 Å². The van der Waals surface area contributed by atoms with E-state index in [1.807, 2.05) is 35.9 Å². The van der Waals surface area contributed by atoms with Crippen LogP contribution in [-0.2, 0) is 12.8 Å². The quantitative estimate of drug-likeness (QED) is 0.483. The molecule has 0 radical (unpaired) electrons. The second-order valence-corrected chi connectivity index (χ2v) is 6.78. The Morgan fingerprint density at radius 2 is 1.88 bits per heavy atom. The van der Waals surface area contributed by atoms with Crippen LogP contribution >= 0.6 is 23.4 Å². The Morgan fingerprint density at radius 3 is 2.69 bits per heavy atom. The molecule has 0 fully saturated rings. The fraction of sp³-hybridized carbons (Fsp3) is 0.118. The van der Waals surface area contributed by atoms with Crippen LogP contribution in [0.1, 0.15) is 5.89 Å². The van der Waals surface area contributed by atoms with Gasteiger partial charge < -0.3 is 8.98 Å². The van der Waals surface area contributed by atoms with Gasteiger partial charge in [0.2, 0.25) is 11.8 Å². The molecule has 1 aromatic carbocycles. The number of aromatic nitrogens is 6. The summed E-state index contributed by atoms with van der Waals surface area (Å²) >= 11 is 7.48. The van der Waals surface area contributed by atoms with Crippen LogP contribution in [0.3, 0.4) is 0 Å². The van der Waals surface area contributed by atoms with Crippen molar-refractivity contribution < 1.29 is 4.42 Å². The van der Waals surface area contributed by atoms with Crippen LogP contribution in [0.25, 0.3) is 22.8 Å². The van der Waals surface area contributed by atoms with Crippen LogP contribution in [-0.4, -0.2) is 29.9 Å². The number of benzene rings is 1. The Morgan fingerprint density at radius 1 is 1.04 bits per heavy atom. The highest BCUT2D eigenvalue weighted by atomic mass is 35.5. The van der Waals surface area contributed by atoms with Crippen molar-refractivity contribution in [1.29, 1.82) is 0 Å². The standard InChI is InChI=1S/C17H13ClN6OS/c1-24-15(11-5-7-19-8-6-11)21-23-17(24)26-10-14-20-22-16(25-14)12-3-2-4-13(18)9-12/h2-9H,10H2,1H3. The molecule has 0 bridgehead atoms. The largest absolute Gasteiger partial charge is 0.420 e. The maximum atomic E-state index is 6.00. The summed E-state index contributed by atoms with van der Waals surface area (Å²) in [7, 11) is 1.92. The topological polar surface area (TPSA) is 82.5 Å². The zero-order valence-electron chi connectivity index (χ0n) is 13.7. The van der Waals surface area contributed by atoms with E-state index in [1.54, 1.807) is 24.5 Å². The van der Waals surface area contributed by atoms with E-state index in [9.17, 15) is 0 Å². The minimum Gasteiger partial charge on any atom is -0.420 e. The lowest BCUT2D eigenvalue weighted by Gasteiger charge is -2.02. The third-order valence-corrected chi connectivity index (χ3v) is 4.88. The molecule has 3 aromatic heterocycles. The summed E-state index contributed by atoms with van der Waals surface area (Å²) in [4.78, 5) is 4.02. The summed E-state index contributed by atoms with van der Waals surface area (Å²) in [5, 5.41) is 18.0. The molecule has 0 unspecified atom stereocenters. The molecule has 4 aromatic rings. The molecule has 0 saturated heterocycles. The van der Waals surface area contributed by atoms with Gasteiger partial charge in [0.05, 0.1) is 5.75 Å². The summed E-state index contributed by atoms with van der Waals surface area (Å²) in [6, 6.07) is 11.1. The van der Waals surface area contributed by atoms with Crippen LogP contribution in [0.15, 0.2) is 58.4 Å². The molecule has 0 atom stereocenters. The van der Waals surface area contributed by atoms with Crippen molar-refractivity contribution in [1.82, 2.24) is 29.9 Å². The summed E-state index contributed by atoms with van der Waals surface area (Å²) < 4.78 is 7.64. The molecular formula is C17H13ClN6OS. The Labute approximate surface area is 158 Å².